The van der Waals surface area contributed by atoms with Gasteiger partial charge in [-0.2, -0.15) is 5.26 Å². The average molecular weight is 292 g/mol. The number of hydrogen-bond acceptors (Lipinski definition) is 7. The van der Waals surface area contributed by atoms with Crippen molar-refractivity contribution in [1.82, 2.24) is 0 Å². The van der Waals surface area contributed by atoms with E-state index in [2.05, 4.69) is 0 Å². The third-order valence-electron chi connectivity index (χ3n) is 2.37. The number of ether oxygens (including phenoxy) is 2. The molecule has 0 aromatic heterocycles. The van der Waals surface area contributed by atoms with Crippen molar-refractivity contribution in [1.29, 1.82) is 5.26 Å². The summed E-state index contributed by atoms with van der Waals surface area (Å²) < 4.78 is 9.47. The molecule has 8 nitrogen and oxygen atoms in total. The molecule has 1 aromatic rings. The van der Waals surface area contributed by atoms with E-state index in [0.717, 1.165) is 18.2 Å². The van der Waals surface area contributed by atoms with Gasteiger partial charge in [0, 0.05) is 13.2 Å². The van der Waals surface area contributed by atoms with Gasteiger partial charge in [0.2, 0.25) is 0 Å². The fraction of sp³-hybridized carbons (Fsp3) is 0.231. The Morgan fingerprint density at radius 3 is 2.81 bits per heavy atom. The first-order valence-electron chi connectivity index (χ1n) is 5.75. The molecule has 0 amide bonds. The van der Waals surface area contributed by atoms with Gasteiger partial charge in [0.25, 0.3) is 0 Å². The predicted octanol–water partition coefficient (Wildman–Crippen LogP) is 1.40. The van der Waals surface area contributed by atoms with Crippen LogP contribution in [0.5, 0.6) is 5.75 Å². The molecule has 1 rings (SSSR count). The van der Waals surface area contributed by atoms with Crippen molar-refractivity contribution in [3.05, 3.63) is 39.4 Å². The Morgan fingerprint density at radius 2 is 2.24 bits per heavy atom. The number of nitro groups is 1. The maximum absolute atomic E-state index is 11.6. The zero-order chi connectivity index (χ0) is 15.8. The molecule has 0 bridgehead atoms. The van der Waals surface area contributed by atoms with Crippen LogP contribution in [0.2, 0.25) is 0 Å². The first-order chi connectivity index (χ1) is 9.99. The Labute approximate surface area is 120 Å². The van der Waals surface area contributed by atoms with Crippen molar-refractivity contribution >= 4 is 17.7 Å². The molecule has 0 unspecified atom stereocenters. The molecule has 1 N–H and O–H groups in total. The highest BCUT2D eigenvalue weighted by atomic mass is 16.6. The Hall–Kier alpha value is -2.92. The van der Waals surface area contributed by atoms with Crippen molar-refractivity contribution < 1.29 is 24.3 Å². The molecule has 110 valence electrons. The van der Waals surface area contributed by atoms with E-state index in [1.54, 1.807) is 6.07 Å². The van der Waals surface area contributed by atoms with Gasteiger partial charge >= 0.3 is 11.7 Å². The van der Waals surface area contributed by atoms with E-state index in [4.69, 9.17) is 14.7 Å². The molecule has 0 atom stereocenters. The summed E-state index contributed by atoms with van der Waals surface area (Å²) in [6.07, 6.45) is 1.14. The number of aromatic hydroxyl groups is 1. The first kappa shape index (κ1) is 16.1. The van der Waals surface area contributed by atoms with Crippen LogP contribution in [0, 0.1) is 21.4 Å². The zero-order valence-corrected chi connectivity index (χ0v) is 11.1. The van der Waals surface area contributed by atoms with Gasteiger partial charge in [0.15, 0.2) is 5.75 Å². The van der Waals surface area contributed by atoms with E-state index in [9.17, 15) is 20.0 Å². The van der Waals surface area contributed by atoms with Crippen LogP contribution in [0.25, 0.3) is 6.08 Å². The molecule has 0 radical (unpaired) electrons. The van der Waals surface area contributed by atoms with Crippen LogP contribution in [-0.2, 0) is 14.3 Å². The Kier molecular flexibility index (Phi) is 5.85. The van der Waals surface area contributed by atoms with Gasteiger partial charge in [-0.15, -0.1) is 0 Å². The molecule has 0 aliphatic rings. The highest BCUT2D eigenvalue weighted by Crippen LogP contribution is 2.27. The van der Waals surface area contributed by atoms with Crippen molar-refractivity contribution in [2.24, 2.45) is 0 Å². The maximum Gasteiger partial charge on any atom is 0.348 e. The zero-order valence-electron chi connectivity index (χ0n) is 11.1. The monoisotopic (exact) mass is 292 g/mol. The van der Waals surface area contributed by atoms with Gasteiger partial charge in [-0.25, -0.2) is 4.79 Å². The number of phenolic OH excluding ortho intramolecular Hbond substituents is 1. The summed E-state index contributed by atoms with van der Waals surface area (Å²) in [5.41, 5.74) is -0.611. The lowest BCUT2D eigenvalue weighted by Crippen LogP contribution is -2.11. The quantitative estimate of drug-likeness (QED) is 0.210. The predicted molar refractivity (Wildman–Crippen MR) is 71.2 cm³/mol. The van der Waals surface area contributed by atoms with Gasteiger partial charge in [0.05, 0.1) is 11.5 Å². The summed E-state index contributed by atoms with van der Waals surface area (Å²) in [5.74, 6) is -1.36. The van der Waals surface area contributed by atoms with E-state index in [1.165, 1.54) is 13.2 Å². The van der Waals surface area contributed by atoms with Crippen LogP contribution in [0.1, 0.15) is 5.56 Å². The molecule has 1 aromatic carbocycles. The number of benzene rings is 1. The molecule has 8 heteroatoms. The number of carbonyl (C=O) groups is 1. The van der Waals surface area contributed by atoms with Gasteiger partial charge in [-0.3, -0.25) is 10.1 Å². The number of nitriles is 1. The average Bonchev–Trinajstić information content (AvgIpc) is 2.46. The standard InChI is InChI=1S/C13H12N2O6/c1-20-4-5-21-13(17)10(8-14)6-9-2-3-12(16)11(7-9)15(18)19/h2-3,6-7,16H,4-5H2,1H3/b10-6+. The maximum atomic E-state index is 11.6. The molecule has 0 heterocycles. The Balaban J connectivity index is 2.98. The van der Waals surface area contributed by atoms with Crippen molar-refractivity contribution in [3.63, 3.8) is 0 Å². The van der Waals surface area contributed by atoms with Gasteiger partial charge in [-0.05, 0) is 17.7 Å². The number of hydrogen-bond donors (Lipinski definition) is 1. The van der Waals surface area contributed by atoms with Gasteiger partial charge in [0.1, 0.15) is 18.2 Å². The van der Waals surface area contributed by atoms with Crippen LogP contribution >= 0.6 is 0 Å². The summed E-state index contributed by atoms with van der Waals surface area (Å²) in [6, 6.07) is 5.15. The number of rotatable bonds is 6. The normalized spacial score (nSPS) is 10.8. The lowest BCUT2D eigenvalue weighted by Gasteiger charge is -2.03. The lowest BCUT2D eigenvalue weighted by atomic mass is 10.1. The fourth-order valence-electron chi connectivity index (χ4n) is 1.38. The molecule has 0 saturated heterocycles. The summed E-state index contributed by atoms with van der Waals surface area (Å²) in [7, 11) is 1.43. The second kappa shape index (κ2) is 7.62. The molecule has 0 fully saturated rings. The van der Waals surface area contributed by atoms with Crippen molar-refractivity contribution in [2.75, 3.05) is 20.3 Å². The smallest absolute Gasteiger partial charge is 0.348 e. The summed E-state index contributed by atoms with van der Waals surface area (Å²) >= 11 is 0. The fourth-order valence-corrected chi connectivity index (χ4v) is 1.38. The summed E-state index contributed by atoms with van der Waals surface area (Å²) in [5, 5.41) is 28.9. The van der Waals surface area contributed by atoms with E-state index in [-0.39, 0.29) is 24.4 Å². The molecular formula is C13H12N2O6. The van der Waals surface area contributed by atoms with Gasteiger partial charge < -0.3 is 14.6 Å². The lowest BCUT2D eigenvalue weighted by molar-refractivity contribution is -0.385. The number of nitro benzene ring substituents is 1. The minimum atomic E-state index is -0.856. The molecule has 0 aliphatic heterocycles. The van der Waals surface area contributed by atoms with Crippen LogP contribution in [0.3, 0.4) is 0 Å². The van der Waals surface area contributed by atoms with Crippen LogP contribution in [0.15, 0.2) is 23.8 Å². The first-order valence-corrected chi connectivity index (χ1v) is 5.75. The highest BCUT2D eigenvalue weighted by molar-refractivity contribution is 5.98. The highest BCUT2D eigenvalue weighted by Gasteiger charge is 2.15. The van der Waals surface area contributed by atoms with E-state index < -0.39 is 22.3 Å². The molecule has 21 heavy (non-hydrogen) atoms. The molecule has 0 spiro atoms. The Morgan fingerprint density at radius 1 is 1.52 bits per heavy atom. The number of methoxy groups -OCH3 is 1. The van der Waals surface area contributed by atoms with Crippen molar-refractivity contribution in [3.8, 4) is 11.8 Å². The minimum Gasteiger partial charge on any atom is -0.502 e. The van der Waals surface area contributed by atoms with E-state index in [1.807, 2.05) is 0 Å². The minimum absolute atomic E-state index is 0.00984. The second-order valence-electron chi connectivity index (χ2n) is 3.80. The van der Waals surface area contributed by atoms with Crippen LogP contribution in [0.4, 0.5) is 5.69 Å². The molecular weight excluding hydrogens is 280 g/mol. The van der Waals surface area contributed by atoms with Crippen LogP contribution < -0.4 is 0 Å². The SMILES string of the molecule is COCCOC(=O)/C(C#N)=C/c1ccc(O)c([N+](=O)[O-])c1. The molecule has 0 saturated carbocycles. The third-order valence-corrected chi connectivity index (χ3v) is 2.37. The van der Waals surface area contributed by atoms with E-state index >= 15 is 0 Å². The summed E-state index contributed by atoms with van der Waals surface area (Å²) in [4.78, 5) is 21.5. The number of carbonyl (C=O) groups excluding carboxylic acids is 1. The third kappa shape index (κ3) is 4.59. The number of phenols is 1. The number of esters is 1. The van der Waals surface area contributed by atoms with E-state index in [0.29, 0.717) is 0 Å². The largest absolute Gasteiger partial charge is 0.502 e. The van der Waals surface area contributed by atoms with Crippen LogP contribution in [-0.4, -0.2) is 36.3 Å². The topological polar surface area (TPSA) is 123 Å². The molecule has 0 aliphatic carbocycles. The Bertz CT molecular complexity index is 618. The second-order valence-corrected chi connectivity index (χ2v) is 3.80. The van der Waals surface area contributed by atoms with Gasteiger partial charge in [-0.1, -0.05) is 6.07 Å². The summed E-state index contributed by atoms with van der Waals surface area (Å²) in [6.45, 7) is 0.180. The van der Waals surface area contributed by atoms with Crippen molar-refractivity contribution in [2.45, 2.75) is 0 Å². The number of nitrogens with zero attached hydrogens (tertiary/aromatic N) is 2.